The predicted octanol–water partition coefficient (Wildman–Crippen LogP) is 1.77. The molecule has 0 saturated heterocycles. The smallest absolute Gasteiger partial charge is 0.305 e. The van der Waals surface area contributed by atoms with Crippen LogP contribution >= 0.6 is 0 Å². The highest BCUT2D eigenvalue weighted by atomic mass is 32.2. The average molecular weight is 388 g/mol. The molecule has 0 fully saturated rings. The van der Waals surface area contributed by atoms with Crippen molar-refractivity contribution in [2.75, 3.05) is 13.2 Å². The number of carbonyl (C=O) groups is 1. The van der Waals surface area contributed by atoms with Gasteiger partial charge < -0.3 is 14.9 Å². The van der Waals surface area contributed by atoms with Crippen molar-refractivity contribution in [1.82, 2.24) is 0 Å². The van der Waals surface area contributed by atoms with Gasteiger partial charge in [-0.25, -0.2) is 0 Å². The van der Waals surface area contributed by atoms with E-state index in [2.05, 4.69) is 0 Å². The maximum Gasteiger partial charge on any atom is 0.305 e. The van der Waals surface area contributed by atoms with Crippen molar-refractivity contribution >= 4 is 16.1 Å². The lowest BCUT2D eigenvalue weighted by molar-refractivity contribution is -0.143. The minimum Gasteiger partial charge on any atom is -0.466 e. The topological polar surface area (TPSA) is 110 Å². The third-order valence-electron chi connectivity index (χ3n) is 3.88. The highest BCUT2D eigenvalue weighted by molar-refractivity contribution is 7.86. The summed E-state index contributed by atoms with van der Waals surface area (Å²) in [6.45, 7) is 6.65. The van der Waals surface area contributed by atoms with Crippen LogP contribution in [0.4, 0.5) is 0 Å². The van der Waals surface area contributed by atoms with Crippen molar-refractivity contribution in [1.29, 1.82) is 0 Å². The Morgan fingerprint density at radius 1 is 1.12 bits per heavy atom. The third kappa shape index (κ3) is 6.68. The highest BCUT2D eigenvalue weighted by Crippen LogP contribution is 2.24. The number of rotatable bonds is 10. The molecule has 2 N–H and O–H groups in total. The van der Waals surface area contributed by atoms with Gasteiger partial charge in [-0.1, -0.05) is 17.7 Å². The van der Waals surface area contributed by atoms with E-state index >= 15 is 0 Å². The molecule has 0 radical (unpaired) electrons. The van der Waals surface area contributed by atoms with Gasteiger partial charge in [0, 0.05) is 6.42 Å². The lowest BCUT2D eigenvalue weighted by atomic mass is 10.1. The summed E-state index contributed by atoms with van der Waals surface area (Å²) in [6.07, 6.45) is -2.00. The largest absolute Gasteiger partial charge is 0.466 e. The number of esters is 1. The van der Waals surface area contributed by atoms with Crippen LogP contribution in [0.5, 0.6) is 0 Å². The monoisotopic (exact) mass is 388 g/mol. The Bertz CT molecular complexity index is 689. The molecule has 0 aliphatic heterocycles. The number of carbonyl (C=O) groups excluding carboxylic acids is 1. The van der Waals surface area contributed by atoms with E-state index in [1.165, 1.54) is 0 Å². The number of aryl methyl sites for hydroxylation is 3. The van der Waals surface area contributed by atoms with Gasteiger partial charge in [-0.15, -0.1) is 0 Å². The maximum absolute atomic E-state index is 12.4. The Balaban J connectivity index is 2.60. The highest BCUT2D eigenvalue weighted by Gasteiger charge is 2.25. The Morgan fingerprint density at radius 3 is 2.23 bits per heavy atom. The molecule has 0 saturated carbocycles. The van der Waals surface area contributed by atoms with Gasteiger partial charge in [-0.3, -0.25) is 8.98 Å². The molecular formula is C18H28O7S. The van der Waals surface area contributed by atoms with Crippen LogP contribution in [0.25, 0.3) is 0 Å². The molecule has 0 spiro atoms. The zero-order valence-corrected chi connectivity index (χ0v) is 16.5. The van der Waals surface area contributed by atoms with Crippen LogP contribution in [0.1, 0.15) is 42.9 Å². The Morgan fingerprint density at radius 2 is 1.69 bits per heavy atom. The average Bonchev–Trinajstić information content (AvgIpc) is 2.51. The van der Waals surface area contributed by atoms with Gasteiger partial charge in [0.15, 0.2) is 0 Å². The van der Waals surface area contributed by atoms with Gasteiger partial charge >= 0.3 is 5.97 Å². The second-order valence-electron chi connectivity index (χ2n) is 6.30. The first kappa shape index (κ1) is 22.6. The summed E-state index contributed by atoms with van der Waals surface area (Å²) in [6, 6.07) is 3.48. The summed E-state index contributed by atoms with van der Waals surface area (Å²) in [7, 11) is -4.05. The molecule has 2 atom stereocenters. The van der Waals surface area contributed by atoms with Crippen molar-refractivity contribution in [3.63, 3.8) is 0 Å². The molecule has 7 nitrogen and oxygen atoms in total. The van der Waals surface area contributed by atoms with Crippen LogP contribution in [-0.4, -0.2) is 50.0 Å². The van der Waals surface area contributed by atoms with Crippen LogP contribution < -0.4 is 0 Å². The van der Waals surface area contributed by atoms with Gasteiger partial charge in [0.1, 0.15) is 6.10 Å². The van der Waals surface area contributed by atoms with E-state index in [0.717, 1.165) is 5.56 Å². The van der Waals surface area contributed by atoms with Gasteiger partial charge in [0.25, 0.3) is 10.1 Å². The molecule has 148 valence electrons. The van der Waals surface area contributed by atoms with Gasteiger partial charge in [0.2, 0.25) is 0 Å². The first-order valence-corrected chi connectivity index (χ1v) is 9.98. The van der Waals surface area contributed by atoms with E-state index < -0.39 is 28.9 Å². The minimum atomic E-state index is -4.05. The first-order chi connectivity index (χ1) is 12.1. The fraction of sp³-hybridized carbons (Fsp3) is 0.611. The summed E-state index contributed by atoms with van der Waals surface area (Å²) < 4.78 is 34.5. The molecule has 0 bridgehead atoms. The summed E-state index contributed by atoms with van der Waals surface area (Å²) in [5.74, 6) is -0.377. The molecule has 2 unspecified atom stereocenters. The van der Waals surface area contributed by atoms with Gasteiger partial charge in [-0.05, 0) is 51.7 Å². The molecule has 0 aliphatic carbocycles. The van der Waals surface area contributed by atoms with Crippen LogP contribution in [0.2, 0.25) is 0 Å². The lowest BCUT2D eigenvalue weighted by Gasteiger charge is -2.18. The van der Waals surface area contributed by atoms with Crippen LogP contribution in [0, 0.1) is 20.8 Å². The lowest BCUT2D eigenvalue weighted by Crippen LogP contribution is -2.32. The number of hydrogen-bond acceptors (Lipinski definition) is 7. The summed E-state index contributed by atoms with van der Waals surface area (Å²) in [4.78, 5) is 11.3. The second-order valence-corrected chi connectivity index (χ2v) is 7.85. The summed E-state index contributed by atoms with van der Waals surface area (Å²) in [5.41, 5.74) is 2.06. The van der Waals surface area contributed by atoms with Crippen molar-refractivity contribution < 1.29 is 32.3 Å². The number of aliphatic hydroxyl groups excluding tert-OH is 2. The van der Waals surface area contributed by atoms with Crippen LogP contribution in [0.15, 0.2) is 17.0 Å². The molecule has 0 aromatic heterocycles. The van der Waals surface area contributed by atoms with Gasteiger partial charge in [0.05, 0.1) is 24.2 Å². The Hall–Kier alpha value is -1.48. The minimum absolute atomic E-state index is 0.0760. The molecule has 26 heavy (non-hydrogen) atoms. The molecule has 0 amide bonds. The molecule has 1 aromatic rings. The normalized spacial score (nSPS) is 14.1. The van der Waals surface area contributed by atoms with Crippen molar-refractivity contribution in [3.8, 4) is 0 Å². The SMILES string of the molecule is CCOC(=O)CCCC(O)C(O)COS(=O)(=O)c1c(C)cc(C)cc1C. The standard InChI is InChI=1S/C18H28O7S/c1-5-24-17(21)8-6-7-15(19)16(20)11-25-26(22,23)18-13(3)9-12(2)10-14(18)4/h9-10,15-16,19-20H,5-8,11H2,1-4H3. The number of benzene rings is 1. The first-order valence-electron chi connectivity index (χ1n) is 8.57. The number of aliphatic hydroxyl groups is 2. The van der Waals surface area contributed by atoms with E-state index in [-0.39, 0.29) is 30.3 Å². The molecule has 0 aliphatic rings. The number of hydrogen-bond donors (Lipinski definition) is 2. The zero-order chi connectivity index (χ0) is 19.9. The van der Waals surface area contributed by atoms with E-state index in [1.54, 1.807) is 32.9 Å². The fourth-order valence-electron chi connectivity index (χ4n) is 2.77. The Kier molecular flexibility index (Phi) is 8.69. The van der Waals surface area contributed by atoms with E-state index in [0.29, 0.717) is 17.5 Å². The van der Waals surface area contributed by atoms with Crippen molar-refractivity contribution in [2.45, 2.75) is 64.1 Å². The molecule has 8 heteroatoms. The van der Waals surface area contributed by atoms with Crippen molar-refractivity contribution in [3.05, 3.63) is 28.8 Å². The predicted molar refractivity (Wildman–Crippen MR) is 96.3 cm³/mol. The van der Waals surface area contributed by atoms with E-state index in [9.17, 15) is 23.4 Å². The maximum atomic E-state index is 12.4. The molecule has 1 rings (SSSR count). The summed E-state index contributed by atoms with van der Waals surface area (Å²) in [5, 5.41) is 19.8. The van der Waals surface area contributed by atoms with E-state index in [1.807, 2.05) is 6.92 Å². The zero-order valence-electron chi connectivity index (χ0n) is 15.7. The van der Waals surface area contributed by atoms with Crippen molar-refractivity contribution in [2.24, 2.45) is 0 Å². The second kappa shape index (κ2) is 10.0. The van der Waals surface area contributed by atoms with E-state index in [4.69, 9.17) is 8.92 Å². The number of ether oxygens (including phenoxy) is 1. The van der Waals surface area contributed by atoms with Crippen LogP contribution in [-0.2, 0) is 23.8 Å². The Labute approximate surface area is 155 Å². The molecular weight excluding hydrogens is 360 g/mol. The van der Waals surface area contributed by atoms with Crippen LogP contribution in [0.3, 0.4) is 0 Å². The summed E-state index contributed by atoms with van der Waals surface area (Å²) >= 11 is 0. The fourth-order valence-corrected chi connectivity index (χ4v) is 4.11. The quantitative estimate of drug-likeness (QED) is 0.464. The molecule has 1 aromatic carbocycles. The third-order valence-corrected chi connectivity index (χ3v) is 5.47. The van der Waals surface area contributed by atoms with Gasteiger partial charge in [-0.2, -0.15) is 8.42 Å². The molecule has 0 heterocycles.